The molecular weight excluding hydrogens is 204 g/mol. The van der Waals surface area contributed by atoms with Crippen LogP contribution in [0.5, 0.6) is 0 Å². The van der Waals surface area contributed by atoms with Crippen LogP contribution in [-0.4, -0.2) is 30.9 Å². The van der Waals surface area contributed by atoms with Crippen molar-refractivity contribution in [2.45, 2.75) is 6.92 Å². The first kappa shape index (κ1) is 12.8. The average molecular weight is 218 g/mol. The molecule has 80 valence electrons. The van der Waals surface area contributed by atoms with Crippen molar-refractivity contribution in [2.75, 3.05) is 18.9 Å². The van der Waals surface area contributed by atoms with Gasteiger partial charge in [-0.2, -0.15) is 0 Å². The third kappa shape index (κ3) is 6.36. The Morgan fingerprint density at radius 1 is 1.43 bits per heavy atom. The number of urea groups is 1. The fraction of sp³-hybridized carbons (Fsp3) is 0.500. The van der Waals surface area contributed by atoms with E-state index in [4.69, 9.17) is 0 Å². The van der Waals surface area contributed by atoms with Crippen LogP contribution < -0.4 is 10.6 Å². The molecule has 0 heterocycles. The van der Waals surface area contributed by atoms with E-state index in [1.54, 1.807) is 0 Å². The van der Waals surface area contributed by atoms with Gasteiger partial charge in [0.15, 0.2) is 6.73 Å². The van der Waals surface area contributed by atoms with E-state index in [1.807, 2.05) is 6.26 Å². The Morgan fingerprint density at radius 2 is 2.07 bits per heavy atom. The van der Waals surface area contributed by atoms with E-state index in [9.17, 15) is 9.59 Å². The molecule has 5 nitrogen and oxygen atoms in total. The molecule has 6 heteroatoms. The summed E-state index contributed by atoms with van der Waals surface area (Å²) >= 11 is 1.48. The van der Waals surface area contributed by atoms with E-state index < -0.39 is 5.97 Å². The summed E-state index contributed by atoms with van der Waals surface area (Å²) in [5.74, 6) is -0.00421. The van der Waals surface area contributed by atoms with Gasteiger partial charge in [0.1, 0.15) is 0 Å². The summed E-state index contributed by atoms with van der Waals surface area (Å²) in [5, 5.41) is 4.89. The van der Waals surface area contributed by atoms with Crippen LogP contribution in [0.2, 0.25) is 0 Å². The van der Waals surface area contributed by atoms with Crippen LogP contribution in [-0.2, 0) is 9.53 Å². The van der Waals surface area contributed by atoms with Gasteiger partial charge < -0.3 is 15.4 Å². The van der Waals surface area contributed by atoms with Crippen LogP contribution in [0.3, 0.4) is 0 Å². The van der Waals surface area contributed by atoms with Crippen LogP contribution >= 0.6 is 11.8 Å². The number of rotatable bonds is 5. The monoisotopic (exact) mass is 218 g/mol. The van der Waals surface area contributed by atoms with Gasteiger partial charge in [-0.1, -0.05) is 6.58 Å². The summed E-state index contributed by atoms with van der Waals surface area (Å²) in [4.78, 5) is 21.7. The van der Waals surface area contributed by atoms with Gasteiger partial charge in [0.2, 0.25) is 0 Å². The highest BCUT2D eigenvalue weighted by Crippen LogP contribution is 1.90. The van der Waals surface area contributed by atoms with Crippen LogP contribution in [0.15, 0.2) is 12.2 Å². The Kier molecular flexibility index (Phi) is 6.65. The number of hydrogen-bond donors (Lipinski definition) is 2. The molecule has 0 rings (SSSR count). The number of esters is 1. The molecule has 0 bridgehead atoms. The molecule has 0 saturated carbocycles. The van der Waals surface area contributed by atoms with Crippen molar-refractivity contribution in [3.8, 4) is 0 Å². The third-order valence-electron chi connectivity index (χ3n) is 1.16. The molecule has 0 spiro atoms. The van der Waals surface area contributed by atoms with Crippen LogP contribution in [0.25, 0.3) is 0 Å². The minimum Gasteiger partial charge on any atom is -0.441 e. The van der Waals surface area contributed by atoms with Gasteiger partial charge in [-0.3, -0.25) is 0 Å². The molecule has 2 amide bonds. The lowest BCUT2D eigenvalue weighted by atomic mass is 10.4. The molecule has 0 aromatic carbocycles. The number of ether oxygens (including phenoxy) is 1. The van der Waals surface area contributed by atoms with E-state index in [0.29, 0.717) is 11.4 Å². The number of nitrogens with one attached hydrogen (secondary N) is 2. The second kappa shape index (κ2) is 7.25. The van der Waals surface area contributed by atoms with Crippen LogP contribution in [0, 0.1) is 0 Å². The number of carbonyl (C=O) groups is 2. The summed E-state index contributed by atoms with van der Waals surface area (Å²) in [6.45, 7) is 4.79. The van der Waals surface area contributed by atoms with Gasteiger partial charge >= 0.3 is 12.0 Å². The van der Waals surface area contributed by atoms with Crippen LogP contribution in [0.1, 0.15) is 6.92 Å². The third-order valence-corrected chi connectivity index (χ3v) is 1.59. The van der Waals surface area contributed by atoms with Gasteiger partial charge in [0.25, 0.3) is 0 Å². The number of amides is 2. The maximum absolute atomic E-state index is 10.9. The number of carbonyl (C=O) groups excluding carboxylic acids is 2. The Hall–Kier alpha value is -1.17. The van der Waals surface area contributed by atoms with E-state index >= 15 is 0 Å². The first-order valence-corrected chi connectivity index (χ1v) is 5.30. The average Bonchev–Trinajstić information content (AvgIpc) is 2.14. The molecular formula is C8H14N2O3S. The van der Waals surface area contributed by atoms with Gasteiger partial charge in [-0.05, 0) is 13.2 Å². The first-order valence-electron chi connectivity index (χ1n) is 3.91. The summed E-state index contributed by atoms with van der Waals surface area (Å²) in [6, 6.07) is -0.367. The molecule has 0 fully saturated rings. The Labute approximate surface area is 87.3 Å². The zero-order valence-corrected chi connectivity index (χ0v) is 9.07. The minimum atomic E-state index is -0.518. The lowest BCUT2D eigenvalue weighted by Crippen LogP contribution is -2.37. The topological polar surface area (TPSA) is 67.4 Å². The largest absolute Gasteiger partial charge is 0.441 e. The van der Waals surface area contributed by atoms with Crippen molar-refractivity contribution < 1.29 is 14.3 Å². The highest BCUT2D eigenvalue weighted by atomic mass is 32.2. The Bertz CT molecular complexity index is 231. The molecule has 0 aromatic rings. The van der Waals surface area contributed by atoms with Gasteiger partial charge in [0, 0.05) is 5.57 Å². The molecule has 0 aliphatic carbocycles. The molecule has 0 unspecified atom stereocenters. The zero-order chi connectivity index (χ0) is 11.0. The maximum Gasteiger partial charge on any atom is 0.334 e. The quantitative estimate of drug-likeness (QED) is 0.404. The molecule has 0 atom stereocenters. The zero-order valence-electron chi connectivity index (χ0n) is 8.25. The van der Waals surface area contributed by atoms with Crippen LogP contribution in [0.4, 0.5) is 4.79 Å². The fourth-order valence-electron chi connectivity index (χ4n) is 0.491. The van der Waals surface area contributed by atoms with E-state index in [0.717, 1.165) is 0 Å². The summed E-state index contributed by atoms with van der Waals surface area (Å²) in [5.41, 5.74) is 0.302. The Balaban J connectivity index is 3.49. The molecule has 0 saturated heterocycles. The number of thioether (sulfide) groups is 1. The normalized spacial score (nSPS) is 9.00. The van der Waals surface area contributed by atoms with Crippen molar-refractivity contribution in [3.63, 3.8) is 0 Å². The predicted octanol–water partition coefficient (Wildman–Crippen LogP) is 0.683. The van der Waals surface area contributed by atoms with Crippen molar-refractivity contribution in [2.24, 2.45) is 0 Å². The lowest BCUT2D eigenvalue weighted by Gasteiger charge is -2.07. The van der Waals surface area contributed by atoms with Gasteiger partial charge in [0.05, 0.1) is 5.88 Å². The standard InChI is InChI=1S/C8H14N2O3S/c1-6(2)7(11)13-4-9-8(12)10-5-14-3/h1,4-5H2,2-3H3,(H2,9,10,12). The fourth-order valence-corrected chi connectivity index (χ4v) is 0.766. The lowest BCUT2D eigenvalue weighted by molar-refractivity contribution is -0.139. The predicted molar refractivity (Wildman–Crippen MR) is 55.8 cm³/mol. The van der Waals surface area contributed by atoms with Crippen molar-refractivity contribution in [1.29, 1.82) is 0 Å². The summed E-state index contributed by atoms with van der Waals surface area (Å²) in [6.07, 6.45) is 1.86. The highest BCUT2D eigenvalue weighted by molar-refractivity contribution is 7.98. The minimum absolute atomic E-state index is 0.147. The van der Waals surface area contributed by atoms with E-state index in [1.165, 1.54) is 18.7 Å². The van der Waals surface area contributed by atoms with Crippen molar-refractivity contribution in [3.05, 3.63) is 12.2 Å². The van der Waals surface area contributed by atoms with Gasteiger partial charge in [-0.25, -0.2) is 9.59 Å². The Morgan fingerprint density at radius 3 is 2.57 bits per heavy atom. The van der Waals surface area contributed by atoms with Crippen molar-refractivity contribution >= 4 is 23.8 Å². The second-order valence-electron chi connectivity index (χ2n) is 2.47. The number of hydrogen-bond acceptors (Lipinski definition) is 4. The smallest absolute Gasteiger partial charge is 0.334 e. The van der Waals surface area contributed by atoms with E-state index in [2.05, 4.69) is 21.9 Å². The highest BCUT2D eigenvalue weighted by Gasteiger charge is 2.03. The molecule has 0 aliphatic heterocycles. The molecule has 2 N–H and O–H groups in total. The molecule has 14 heavy (non-hydrogen) atoms. The molecule has 0 aliphatic rings. The summed E-state index contributed by atoms with van der Waals surface area (Å²) < 4.78 is 4.64. The second-order valence-corrected chi connectivity index (χ2v) is 3.34. The van der Waals surface area contributed by atoms with Crippen molar-refractivity contribution in [1.82, 2.24) is 10.6 Å². The molecule has 0 radical (unpaired) electrons. The first-order chi connectivity index (χ1) is 6.57. The summed E-state index contributed by atoms with van der Waals surface area (Å²) in [7, 11) is 0. The molecule has 0 aromatic heterocycles. The SMILES string of the molecule is C=C(C)C(=O)OCNC(=O)NCSC. The van der Waals surface area contributed by atoms with E-state index in [-0.39, 0.29) is 12.8 Å². The van der Waals surface area contributed by atoms with Gasteiger partial charge in [-0.15, -0.1) is 11.8 Å². The maximum atomic E-state index is 10.9.